The molecule has 0 unspecified atom stereocenters. The van der Waals surface area contributed by atoms with Crippen LogP contribution in [0.4, 0.5) is 5.69 Å². The number of carboxylic acids is 1. The minimum atomic E-state index is -1.17. The number of fused-ring (bicyclic) bond motifs is 1. The van der Waals surface area contributed by atoms with Crippen LogP contribution in [0.5, 0.6) is 0 Å². The molecule has 3 aromatic rings. The molecule has 0 saturated heterocycles. The number of carbonyl (C=O) groups is 2. The SMILES string of the molecule is CC(C)(C(=O)O)n1cc(NC(=O)CCCc2nc3ccccc3s2)cn1. The quantitative estimate of drug-likeness (QED) is 0.663. The molecule has 7 nitrogen and oxygen atoms in total. The molecule has 1 aromatic carbocycles. The third-order valence-corrected chi connectivity index (χ3v) is 5.19. The zero-order valence-corrected chi connectivity index (χ0v) is 15.4. The molecule has 0 bridgehead atoms. The molecule has 3 rings (SSSR count). The molecule has 0 fully saturated rings. The number of rotatable bonds is 7. The van der Waals surface area contributed by atoms with Gasteiger partial charge in [-0.15, -0.1) is 11.3 Å². The van der Waals surface area contributed by atoms with Crippen LogP contribution in [0.2, 0.25) is 0 Å². The van der Waals surface area contributed by atoms with Crippen LogP contribution in [-0.4, -0.2) is 31.7 Å². The number of para-hydroxylation sites is 1. The molecular weight excluding hydrogens is 352 g/mol. The highest BCUT2D eigenvalue weighted by atomic mass is 32.1. The smallest absolute Gasteiger partial charge is 0.331 e. The van der Waals surface area contributed by atoms with Crippen molar-refractivity contribution in [1.82, 2.24) is 14.8 Å². The molecule has 2 heterocycles. The van der Waals surface area contributed by atoms with Gasteiger partial charge in [0.25, 0.3) is 0 Å². The molecule has 2 N–H and O–H groups in total. The third-order valence-electron chi connectivity index (χ3n) is 4.10. The van der Waals surface area contributed by atoms with Gasteiger partial charge < -0.3 is 10.4 Å². The first-order chi connectivity index (χ1) is 12.4. The fourth-order valence-electron chi connectivity index (χ4n) is 2.44. The summed E-state index contributed by atoms with van der Waals surface area (Å²) in [5, 5.41) is 17.0. The molecule has 0 aliphatic rings. The van der Waals surface area contributed by atoms with Crippen molar-refractivity contribution in [3.63, 3.8) is 0 Å². The van der Waals surface area contributed by atoms with Crippen LogP contribution in [0.1, 0.15) is 31.7 Å². The Morgan fingerprint density at radius 2 is 2.08 bits per heavy atom. The molecule has 0 saturated carbocycles. The highest BCUT2D eigenvalue weighted by molar-refractivity contribution is 7.18. The summed E-state index contributed by atoms with van der Waals surface area (Å²) < 4.78 is 2.48. The maximum Gasteiger partial charge on any atom is 0.331 e. The van der Waals surface area contributed by atoms with E-state index in [0.29, 0.717) is 18.5 Å². The van der Waals surface area contributed by atoms with Gasteiger partial charge in [-0.05, 0) is 38.8 Å². The average molecular weight is 372 g/mol. The van der Waals surface area contributed by atoms with Crippen molar-refractivity contribution in [1.29, 1.82) is 0 Å². The summed E-state index contributed by atoms with van der Waals surface area (Å²) in [6, 6.07) is 7.98. The summed E-state index contributed by atoms with van der Waals surface area (Å²) in [5.74, 6) is -1.12. The Hall–Kier alpha value is -2.74. The van der Waals surface area contributed by atoms with Crippen LogP contribution in [0.25, 0.3) is 10.2 Å². The highest BCUT2D eigenvalue weighted by Gasteiger charge is 2.30. The number of benzene rings is 1. The van der Waals surface area contributed by atoms with E-state index < -0.39 is 11.5 Å². The molecule has 26 heavy (non-hydrogen) atoms. The second kappa shape index (κ2) is 7.25. The topological polar surface area (TPSA) is 97.1 Å². The van der Waals surface area contributed by atoms with Gasteiger partial charge in [-0.2, -0.15) is 5.10 Å². The second-order valence-corrected chi connectivity index (χ2v) is 7.63. The van der Waals surface area contributed by atoms with Crippen molar-refractivity contribution in [3.05, 3.63) is 41.7 Å². The van der Waals surface area contributed by atoms with Crippen molar-refractivity contribution in [2.75, 3.05) is 5.32 Å². The first kappa shape index (κ1) is 18.1. The van der Waals surface area contributed by atoms with Gasteiger partial charge in [0.1, 0.15) is 0 Å². The number of hydrogen-bond acceptors (Lipinski definition) is 5. The van der Waals surface area contributed by atoms with E-state index in [4.69, 9.17) is 0 Å². The fraction of sp³-hybridized carbons (Fsp3) is 0.333. The largest absolute Gasteiger partial charge is 0.479 e. The number of nitrogens with one attached hydrogen (secondary N) is 1. The van der Waals surface area contributed by atoms with Gasteiger partial charge in [0.2, 0.25) is 5.91 Å². The molecule has 0 atom stereocenters. The van der Waals surface area contributed by atoms with E-state index in [-0.39, 0.29) is 5.91 Å². The number of aliphatic carboxylic acids is 1. The third kappa shape index (κ3) is 3.91. The maximum atomic E-state index is 12.1. The summed E-state index contributed by atoms with van der Waals surface area (Å²) >= 11 is 1.65. The van der Waals surface area contributed by atoms with E-state index in [9.17, 15) is 14.7 Å². The summed E-state index contributed by atoms with van der Waals surface area (Å²) in [5.41, 5.74) is 0.310. The zero-order valence-electron chi connectivity index (χ0n) is 14.6. The van der Waals surface area contributed by atoms with E-state index in [1.807, 2.05) is 24.3 Å². The van der Waals surface area contributed by atoms with Gasteiger partial charge in [0, 0.05) is 12.6 Å². The second-order valence-electron chi connectivity index (χ2n) is 6.51. The van der Waals surface area contributed by atoms with Gasteiger partial charge in [-0.3, -0.25) is 9.48 Å². The van der Waals surface area contributed by atoms with Crippen LogP contribution in [0, 0.1) is 0 Å². The number of carboxylic acid groups (broad SMARTS) is 1. The van der Waals surface area contributed by atoms with Crippen molar-refractivity contribution >= 4 is 39.1 Å². The normalized spacial score (nSPS) is 11.6. The summed E-state index contributed by atoms with van der Waals surface area (Å²) in [4.78, 5) is 27.9. The van der Waals surface area contributed by atoms with Crippen molar-refractivity contribution in [2.45, 2.75) is 38.6 Å². The summed E-state index contributed by atoms with van der Waals surface area (Å²) in [7, 11) is 0. The number of aromatic nitrogens is 3. The summed E-state index contributed by atoms with van der Waals surface area (Å²) in [6.45, 7) is 3.10. The zero-order chi connectivity index (χ0) is 18.7. The van der Waals surface area contributed by atoms with Crippen LogP contribution in [0.3, 0.4) is 0 Å². The van der Waals surface area contributed by atoms with Crippen LogP contribution < -0.4 is 5.32 Å². The molecule has 1 amide bonds. The fourth-order valence-corrected chi connectivity index (χ4v) is 3.45. The predicted octanol–water partition coefficient (Wildman–Crippen LogP) is 3.27. The molecule has 8 heteroatoms. The Morgan fingerprint density at radius 1 is 1.31 bits per heavy atom. The Balaban J connectivity index is 1.51. The van der Waals surface area contributed by atoms with Gasteiger partial charge in [0.15, 0.2) is 5.54 Å². The highest BCUT2D eigenvalue weighted by Crippen LogP contribution is 2.23. The Kier molecular flexibility index (Phi) is 5.03. The lowest BCUT2D eigenvalue weighted by Gasteiger charge is -2.19. The lowest BCUT2D eigenvalue weighted by atomic mass is 10.1. The minimum absolute atomic E-state index is 0.126. The lowest BCUT2D eigenvalue weighted by molar-refractivity contribution is -0.146. The Morgan fingerprint density at radius 3 is 2.81 bits per heavy atom. The van der Waals surface area contributed by atoms with E-state index >= 15 is 0 Å². The molecule has 0 spiro atoms. The molecule has 2 aromatic heterocycles. The number of hydrogen-bond donors (Lipinski definition) is 2. The number of aryl methyl sites for hydroxylation is 1. The number of anilines is 1. The molecule has 0 aliphatic heterocycles. The van der Waals surface area contributed by atoms with E-state index in [1.165, 1.54) is 17.1 Å². The average Bonchev–Trinajstić information content (AvgIpc) is 3.21. The van der Waals surface area contributed by atoms with Gasteiger partial charge in [0.05, 0.1) is 27.1 Å². The lowest BCUT2D eigenvalue weighted by Crippen LogP contribution is -2.35. The predicted molar refractivity (Wildman–Crippen MR) is 100 cm³/mol. The Labute approximate surface area is 154 Å². The standard InChI is InChI=1S/C18H20N4O3S/c1-18(2,17(24)25)22-11-12(10-19-22)20-15(23)8-5-9-16-21-13-6-3-4-7-14(13)26-16/h3-4,6-7,10-11H,5,8-9H2,1-2H3,(H,20,23)(H,24,25). The number of thiazole rings is 1. The van der Waals surface area contributed by atoms with Crippen LogP contribution in [0.15, 0.2) is 36.7 Å². The maximum absolute atomic E-state index is 12.1. The van der Waals surface area contributed by atoms with Gasteiger partial charge in [-0.25, -0.2) is 9.78 Å². The van der Waals surface area contributed by atoms with Crippen LogP contribution >= 0.6 is 11.3 Å². The number of amides is 1. The Bertz CT molecular complexity index is 912. The van der Waals surface area contributed by atoms with Crippen molar-refractivity contribution in [3.8, 4) is 0 Å². The van der Waals surface area contributed by atoms with Crippen molar-refractivity contribution < 1.29 is 14.7 Å². The first-order valence-corrected chi connectivity index (χ1v) is 9.11. The van der Waals surface area contributed by atoms with Gasteiger partial charge in [-0.1, -0.05) is 12.1 Å². The number of carbonyl (C=O) groups excluding carboxylic acids is 1. The monoisotopic (exact) mass is 372 g/mol. The van der Waals surface area contributed by atoms with Gasteiger partial charge >= 0.3 is 5.97 Å². The summed E-state index contributed by atoms with van der Waals surface area (Å²) in [6.07, 6.45) is 4.79. The molecule has 136 valence electrons. The van der Waals surface area contributed by atoms with E-state index in [0.717, 1.165) is 21.6 Å². The molecule has 0 aliphatic carbocycles. The van der Waals surface area contributed by atoms with Crippen LogP contribution in [-0.2, 0) is 21.5 Å². The molecule has 0 radical (unpaired) electrons. The number of nitrogens with zero attached hydrogens (tertiary/aromatic N) is 3. The van der Waals surface area contributed by atoms with E-state index in [1.54, 1.807) is 25.2 Å². The van der Waals surface area contributed by atoms with E-state index in [2.05, 4.69) is 15.4 Å². The first-order valence-electron chi connectivity index (χ1n) is 8.29. The molecular formula is C18H20N4O3S. The van der Waals surface area contributed by atoms with Crippen molar-refractivity contribution in [2.24, 2.45) is 0 Å². The minimum Gasteiger partial charge on any atom is -0.479 e.